The lowest BCUT2D eigenvalue weighted by Crippen LogP contribution is -2.17. The van der Waals surface area contributed by atoms with E-state index < -0.39 is 0 Å². The molecule has 1 aromatic heterocycles. The van der Waals surface area contributed by atoms with E-state index in [0.29, 0.717) is 5.92 Å². The van der Waals surface area contributed by atoms with Crippen LogP contribution in [0.25, 0.3) is 10.9 Å². The van der Waals surface area contributed by atoms with Gasteiger partial charge in [0.05, 0.1) is 5.52 Å². The number of rotatable bonds is 4. The summed E-state index contributed by atoms with van der Waals surface area (Å²) in [5.41, 5.74) is 3.85. The Bertz CT molecular complexity index is 621. The van der Waals surface area contributed by atoms with Gasteiger partial charge in [-0.3, -0.25) is 0 Å². The van der Waals surface area contributed by atoms with E-state index in [1.165, 1.54) is 16.5 Å². The van der Waals surface area contributed by atoms with Gasteiger partial charge in [-0.2, -0.15) is 0 Å². The fraction of sp³-hybridized carbons (Fsp3) is 0.526. The fourth-order valence-corrected chi connectivity index (χ4v) is 2.64. The number of hydrogen-bond donors (Lipinski definition) is 1. The number of fused-ring (bicyclic) bond motifs is 1. The van der Waals surface area contributed by atoms with Crippen molar-refractivity contribution in [2.24, 2.45) is 0 Å². The quantitative estimate of drug-likeness (QED) is 0.804. The van der Waals surface area contributed by atoms with Crippen LogP contribution >= 0.6 is 0 Å². The van der Waals surface area contributed by atoms with Gasteiger partial charge in [0.15, 0.2) is 0 Å². The smallest absolute Gasteiger partial charge is 0.130 e. The van der Waals surface area contributed by atoms with Gasteiger partial charge < -0.3 is 5.32 Å². The molecule has 0 amide bonds. The number of hydrogen-bond acceptors (Lipinski definition) is 2. The van der Waals surface area contributed by atoms with Crippen LogP contribution in [0.5, 0.6) is 0 Å². The normalized spacial score (nSPS) is 12.1. The number of anilines is 1. The monoisotopic (exact) mass is 284 g/mol. The van der Waals surface area contributed by atoms with Crippen molar-refractivity contribution in [3.63, 3.8) is 0 Å². The highest BCUT2D eigenvalue weighted by Crippen LogP contribution is 2.33. The lowest BCUT2D eigenvalue weighted by Gasteiger charge is -2.24. The molecule has 2 aromatic rings. The number of benzene rings is 1. The third kappa shape index (κ3) is 3.37. The maximum Gasteiger partial charge on any atom is 0.130 e. The van der Waals surface area contributed by atoms with Crippen LogP contribution in [0.4, 0.5) is 5.82 Å². The molecule has 0 radical (unpaired) electrons. The molecule has 0 fully saturated rings. The molecule has 0 saturated heterocycles. The summed E-state index contributed by atoms with van der Waals surface area (Å²) >= 11 is 0. The van der Waals surface area contributed by atoms with Crippen LogP contribution in [0.1, 0.15) is 65.0 Å². The third-order valence-electron chi connectivity index (χ3n) is 3.85. The summed E-state index contributed by atoms with van der Waals surface area (Å²) in [5.74, 6) is 1.53. The zero-order chi connectivity index (χ0) is 15.6. The summed E-state index contributed by atoms with van der Waals surface area (Å²) < 4.78 is 0. The van der Waals surface area contributed by atoms with Crippen LogP contribution in [0.3, 0.4) is 0 Å². The number of pyridine rings is 1. The molecule has 0 bridgehead atoms. The van der Waals surface area contributed by atoms with E-state index >= 15 is 0 Å². The maximum absolute atomic E-state index is 4.99. The van der Waals surface area contributed by atoms with Crippen molar-refractivity contribution in [3.05, 3.63) is 35.4 Å². The molecule has 1 aromatic carbocycles. The highest BCUT2D eigenvalue weighted by molar-refractivity contribution is 5.85. The van der Waals surface area contributed by atoms with E-state index in [2.05, 4.69) is 71.1 Å². The molecule has 0 unspecified atom stereocenters. The Morgan fingerprint density at radius 3 is 2.48 bits per heavy atom. The molecule has 21 heavy (non-hydrogen) atoms. The van der Waals surface area contributed by atoms with E-state index in [9.17, 15) is 0 Å². The topological polar surface area (TPSA) is 24.9 Å². The Morgan fingerprint density at radius 1 is 1.19 bits per heavy atom. The van der Waals surface area contributed by atoms with Gasteiger partial charge >= 0.3 is 0 Å². The Balaban J connectivity index is 2.68. The largest absolute Gasteiger partial charge is 0.370 e. The molecule has 114 valence electrons. The second-order valence-corrected chi connectivity index (χ2v) is 7.13. The SMILES string of the molecule is CCCNc1nc2c(C(C)C)cccc2cc1C(C)(C)C. The molecule has 2 heteroatoms. The van der Waals surface area contributed by atoms with Gasteiger partial charge in [0, 0.05) is 17.5 Å². The number of para-hydroxylation sites is 1. The van der Waals surface area contributed by atoms with Crippen LogP contribution in [-0.2, 0) is 5.41 Å². The average Bonchev–Trinajstić information content (AvgIpc) is 2.42. The van der Waals surface area contributed by atoms with Crippen molar-refractivity contribution in [1.82, 2.24) is 4.98 Å². The molecule has 1 heterocycles. The summed E-state index contributed by atoms with van der Waals surface area (Å²) in [6, 6.07) is 8.82. The molecule has 2 rings (SSSR count). The predicted molar refractivity (Wildman–Crippen MR) is 93.3 cm³/mol. The minimum absolute atomic E-state index is 0.0884. The van der Waals surface area contributed by atoms with Crippen molar-refractivity contribution < 1.29 is 0 Å². The first-order valence-electron chi connectivity index (χ1n) is 8.02. The summed E-state index contributed by atoms with van der Waals surface area (Å²) in [7, 11) is 0. The van der Waals surface area contributed by atoms with Gasteiger partial charge in [-0.1, -0.05) is 59.7 Å². The van der Waals surface area contributed by atoms with Gasteiger partial charge in [0.1, 0.15) is 5.82 Å². The van der Waals surface area contributed by atoms with Crippen molar-refractivity contribution in [2.75, 3.05) is 11.9 Å². The average molecular weight is 284 g/mol. The molecule has 1 N–H and O–H groups in total. The van der Waals surface area contributed by atoms with E-state index in [0.717, 1.165) is 24.3 Å². The molecular formula is C19H28N2. The van der Waals surface area contributed by atoms with E-state index in [1.807, 2.05) is 0 Å². The second kappa shape index (κ2) is 6.05. The first kappa shape index (κ1) is 15.8. The van der Waals surface area contributed by atoms with E-state index in [1.54, 1.807) is 0 Å². The van der Waals surface area contributed by atoms with Crippen molar-refractivity contribution >= 4 is 16.7 Å². The molecule has 2 nitrogen and oxygen atoms in total. The lowest BCUT2D eigenvalue weighted by atomic mass is 9.86. The number of aromatic nitrogens is 1. The maximum atomic E-state index is 4.99. The molecule has 0 atom stereocenters. The minimum atomic E-state index is 0.0884. The molecule has 0 spiro atoms. The minimum Gasteiger partial charge on any atom is -0.370 e. The molecule has 0 aliphatic heterocycles. The summed E-state index contributed by atoms with van der Waals surface area (Å²) in [4.78, 5) is 4.99. The zero-order valence-corrected chi connectivity index (χ0v) is 14.2. The Kier molecular flexibility index (Phi) is 4.55. The van der Waals surface area contributed by atoms with Gasteiger partial charge in [-0.15, -0.1) is 0 Å². The van der Waals surface area contributed by atoms with Crippen LogP contribution in [0, 0.1) is 0 Å². The first-order valence-corrected chi connectivity index (χ1v) is 8.02. The standard InChI is InChI=1S/C19H28N2/c1-7-11-20-18-16(19(4,5)6)12-14-9-8-10-15(13(2)3)17(14)21-18/h8-10,12-13H,7,11H2,1-6H3,(H,20,21). The van der Waals surface area contributed by atoms with Gasteiger partial charge in [0.25, 0.3) is 0 Å². The molecule has 0 aliphatic carbocycles. The van der Waals surface area contributed by atoms with Gasteiger partial charge in [-0.25, -0.2) is 4.98 Å². The van der Waals surface area contributed by atoms with Crippen molar-refractivity contribution in [3.8, 4) is 0 Å². The van der Waals surface area contributed by atoms with E-state index in [-0.39, 0.29) is 5.41 Å². The van der Waals surface area contributed by atoms with Crippen LogP contribution in [0.2, 0.25) is 0 Å². The van der Waals surface area contributed by atoms with Crippen LogP contribution in [0.15, 0.2) is 24.3 Å². The second-order valence-electron chi connectivity index (χ2n) is 7.13. The number of nitrogens with zero attached hydrogens (tertiary/aromatic N) is 1. The predicted octanol–water partition coefficient (Wildman–Crippen LogP) is 5.48. The third-order valence-corrected chi connectivity index (χ3v) is 3.85. The lowest BCUT2D eigenvalue weighted by molar-refractivity contribution is 0.590. The fourth-order valence-electron chi connectivity index (χ4n) is 2.64. The summed E-state index contributed by atoms with van der Waals surface area (Å²) in [6.45, 7) is 14.4. The van der Waals surface area contributed by atoms with E-state index in [4.69, 9.17) is 4.98 Å². The highest BCUT2D eigenvalue weighted by atomic mass is 15.0. The Hall–Kier alpha value is -1.57. The van der Waals surface area contributed by atoms with Crippen LogP contribution in [-0.4, -0.2) is 11.5 Å². The van der Waals surface area contributed by atoms with Crippen LogP contribution < -0.4 is 5.32 Å². The Morgan fingerprint density at radius 2 is 1.90 bits per heavy atom. The van der Waals surface area contributed by atoms with Gasteiger partial charge in [-0.05, 0) is 29.4 Å². The number of nitrogens with one attached hydrogen (secondary N) is 1. The van der Waals surface area contributed by atoms with Gasteiger partial charge in [0.2, 0.25) is 0 Å². The molecular weight excluding hydrogens is 256 g/mol. The van der Waals surface area contributed by atoms with Crippen molar-refractivity contribution in [1.29, 1.82) is 0 Å². The highest BCUT2D eigenvalue weighted by Gasteiger charge is 2.20. The summed E-state index contributed by atoms with van der Waals surface area (Å²) in [5, 5.41) is 4.76. The molecule has 0 saturated carbocycles. The first-order chi connectivity index (χ1) is 9.84. The summed E-state index contributed by atoms with van der Waals surface area (Å²) in [6.07, 6.45) is 1.11. The zero-order valence-electron chi connectivity index (χ0n) is 14.2. The molecule has 0 aliphatic rings. The Labute approximate surface area is 129 Å². The van der Waals surface area contributed by atoms with Crippen molar-refractivity contribution in [2.45, 2.75) is 59.3 Å².